The molecule has 0 bridgehead atoms. The molecule has 3 rings (SSSR count). The number of nitrogens with one attached hydrogen (secondary N) is 1. The summed E-state index contributed by atoms with van der Waals surface area (Å²) in [6, 6.07) is 10.9. The van der Waals surface area contributed by atoms with Gasteiger partial charge in [-0.05, 0) is 38.8 Å². The minimum Gasteiger partial charge on any atom is -0.361 e. The van der Waals surface area contributed by atoms with Gasteiger partial charge in [-0.15, -0.1) is 0 Å². The van der Waals surface area contributed by atoms with E-state index in [9.17, 15) is 4.79 Å². The second-order valence-electron chi connectivity index (χ2n) is 6.51. The summed E-state index contributed by atoms with van der Waals surface area (Å²) < 4.78 is 5.09. The van der Waals surface area contributed by atoms with Gasteiger partial charge >= 0.3 is 0 Å². The molecule has 1 aromatic heterocycles. The predicted molar refractivity (Wildman–Crippen MR) is 92.8 cm³/mol. The molecular formula is C19H25N3O2. The van der Waals surface area contributed by atoms with Crippen LogP contribution < -0.4 is 5.32 Å². The lowest BCUT2D eigenvalue weighted by molar-refractivity contribution is 0.0905. The second-order valence-corrected chi connectivity index (χ2v) is 6.51. The molecule has 1 fully saturated rings. The summed E-state index contributed by atoms with van der Waals surface area (Å²) in [4.78, 5) is 14.9. The molecule has 1 aliphatic heterocycles. The quantitative estimate of drug-likeness (QED) is 0.917. The topological polar surface area (TPSA) is 58.4 Å². The molecule has 1 aromatic carbocycles. The number of hydrogen-bond donors (Lipinski definition) is 1. The zero-order valence-electron chi connectivity index (χ0n) is 14.4. The van der Waals surface area contributed by atoms with Gasteiger partial charge in [0.15, 0.2) is 0 Å². The van der Waals surface area contributed by atoms with Crippen LogP contribution in [0.25, 0.3) is 0 Å². The molecule has 0 spiro atoms. The van der Waals surface area contributed by atoms with E-state index in [0.717, 1.165) is 19.5 Å². The SMILES string of the molecule is Cc1noc(C)c1C(=O)NC[C@@H]1CCCCN1Cc1ccccc1. The van der Waals surface area contributed by atoms with Crippen LogP contribution in [0.3, 0.4) is 0 Å². The molecule has 0 unspecified atom stereocenters. The zero-order chi connectivity index (χ0) is 16.9. The van der Waals surface area contributed by atoms with Crippen LogP contribution in [0, 0.1) is 13.8 Å². The van der Waals surface area contributed by atoms with Crippen molar-refractivity contribution >= 4 is 5.91 Å². The lowest BCUT2D eigenvalue weighted by atomic mass is 10.0. The Bertz CT molecular complexity index is 662. The molecule has 2 heterocycles. The largest absolute Gasteiger partial charge is 0.361 e. The van der Waals surface area contributed by atoms with Gasteiger partial charge in [-0.25, -0.2) is 0 Å². The molecule has 0 aliphatic carbocycles. The standard InChI is InChI=1S/C19H25N3O2/c1-14-18(15(2)24-21-14)19(23)20-12-17-10-6-7-11-22(17)13-16-8-4-3-5-9-16/h3-5,8-9,17H,6-7,10-13H2,1-2H3,(H,20,23)/t17-/m0/s1. The van der Waals surface area contributed by atoms with Crippen LogP contribution in [0.2, 0.25) is 0 Å². The van der Waals surface area contributed by atoms with E-state index in [1.165, 1.54) is 18.4 Å². The summed E-state index contributed by atoms with van der Waals surface area (Å²) >= 11 is 0. The van der Waals surface area contributed by atoms with Crippen molar-refractivity contribution in [2.45, 2.75) is 45.7 Å². The molecule has 1 aliphatic rings. The number of benzene rings is 1. The summed E-state index contributed by atoms with van der Waals surface area (Å²) in [5.74, 6) is 0.492. The summed E-state index contributed by atoms with van der Waals surface area (Å²) in [7, 11) is 0. The molecule has 0 saturated carbocycles. The van der Waals surface area contributed by atoms with Gasteiger partial charge in [0, 0.05) is 19.1 Å². The fraction of sp³-hybridized carbons (Fsp3) is 0.474. The monoisotopic (exact) mass is 327 g/mol. The molecule has 24 heavy (non-hydrogen) atoms. The fourth-order valence-corrected chi connectivity index (χ4v) is 3.42. The van der Waals surface area contributed by atoms with E-state index < -0.39 is 0 Å². The number of nitrogens with zero attached hydrogens (tertiary/aromatic N) is 2. The fourth-order valence-electron chi connectivity index (χ4n) is 3.42. The third-order valence-corrected chi connectivity index (χ3v) is 4.74. The van der Waals surface area contributed by atoms with Crippen molar-refractivity contribution in [3.8, 4) is 0 Å². The van der Waals surface area contributed by atoms with Crippen molar-refractivity contribution in [1.82, 2.24) is 15.4 Å². The number of piperidine rings is 1. The van der Waals surface area contributed by atoms with Crippen LogP contribution in [-0.2, 0) is 6.54 Å². The summed E-state index contributed by atoms with van der Waals surface area (Å²) in [5.41, 5.74) is 2.54. The average Bonchev–Trinajstić information content (AvgIpc) is 2.93. The number of carbonyl (C=O) groups is 1. The van der Waals surface area contributed by atoms with Crippen molar-refractivity contribution in [1.29, 1.82) is 0 Å². The van der Waals surface area contributed by atoms with Crippen molar-refractivity contribution in [3.63, 3.8) is 0 Å². The number of likely N-dealkylation sites (tertiary alicyclic amines) is 1. The van der Waals surface area contributed by atoms with E-state index >= 15 is 0 Å². The first-order chi connectivity index (χ1) is 11.6. The van der Waals surface area contributed by atoms with Crippen molar-refractivity contribution < 1.29 is 9.32 Å². The molecule has 1 atom stereocenters. The first-order valence-electron chi connectivity index (χ1n) is 8.64. The molecule has 128 valence electrons. The summed E-state index contributed by atoms with van der Waals surface area (Å²) in [6.45, 7) is 6.26. The Morgan fingerprint density at radius 2 is 2.08 bits per heavy atom. The van der Waals surface area contributed by atoms with E-state index in [4.69, 9.17) is 4.52 Å². The van der Waals surface area contributed by atoms with E-state index in [1.54, 1.807) is 13.8 Å². The van der Waals surface area contributed by atoms with E-state index in [1.807, 2.05) is 6.07 Å². The minimum absolute atomic E-state index is 0.0866. The minimum atomic E-state index is -0.0866. The highest BCUT2D eigenvalue weighted by Gasteiger charge is 2.24. The maximum atomic E-state index is 12.4. The highest BCUT2D eigenvalue weighted by molar-refractivity contribution is 5.96. The third kappa shape index (κ3) is 3.85. The Labute approximate surface area is 143 Å². The summed E-state index contributed by atoms with van der Waals surface area (Å²) in [5, 5.41) is 6.93. The molecule has 5 heteroatoms. The van der Waals surface area contributed by atoms with E-state index in [2.05, 4.69) is 39.6 Å². The Balaban J connectivity index is 1.61. The van der Waals surface area contributed by atoms with E-state index in [-0.39, 0.29) is 5.91 Å². The Morgan fingerprint density at radius 3 is 2.79 bits per heavy atom. The second kappa shape index (κ2) is 7.62. The molecule has 2 aromatic rings. The van der Waals surface area contributed by atoms with Gasteiger partial charge in [-0.2, -0.15) is 0 Å². The zero-order valence-corrected chi connectivity index (χ0v) is 14.4. The number of amides is 1. The van der Waals surface area contributed by atoms with Gasteiger partial charge in [0.05, 0.1) is 5.69 Å². The van der Waals surface area contributed by atoms with Crippen LogP contribution in [0.5, 0.6) is 0 Å². The van der Waals surface area contributed by atoms with Gasteiger partial charge in [0.1, 0.15) is 11.3 Å². The number of rotatable bonds is 5. The van der Waals surface area contributed by atoms with E-state index in [0.29, 0.717) is 29.6 Å². The maximum Gasteiger partial charge on any atom is 0.256 e. The van der Waals surface area contributed by atoms with Crippen LogP contribution in [0.1, 0.15) is 46.6 Å². The lowest BCUT2D eigenvalue weighted by Crippen LogP contribution is -2.46. The first-order valence-corrected chi connectivity index (χ1v) is 8.64. The highest BCUT2D eigenvalue weighted by Crippen LogP contribution is 2.19. The van der Waals surface area contributed by atoms with Crippen LogP contribution >= 0.6 is 0 Å². The molecule has 1 saturated heterocycles. The molecule has 5 nitrogen and oxygen atoms in total. The van der Waals surface area contributed by atoms with Gasteiger partial charge in [0.2, 0.25) is 0 Å². The van der Waals surface area contributed by atoms with Gasteiger partial charge < -0.3 is 9.84 Å². The van der Waals surface area contributed by atoms with Crippen LogP contribution in [0.4, 0.5) is 0 Å². The normalized spacial score (nSPS) is 18.5. The van der Waals surface area contributed by atoms with Gasteiger partial charge in [0.25, 0.3) is 5.91 Å². The molecule has 0 radical (unpaired) electrons. The molecule has 1 N–H and O–H groups in total. The van der Waals surface area contributed by atoms with Crippen LogP contribution in [-0.4, -0.2) is 35.1 Å². The number of carbonyl (C=O) groups excluding carboxylic acids is 1. The third-order valence-electron chi connectivity index (χ3n) is 4.74. The van der Waals surface area contributed by atoms with Crippen molar-refractivity contribution in [2.75, 3.05) is 13.1 Å². The first kappa shape index (κ1) is 16.7. The van der Waals surface area contributed by atoms with Crippen LogP contribution in [0.15, 0.2) is 34.9 Å². The average molecular weight is 327 g/mol. The predicted octanol–water partition coefficient (Wildman–Crippen LogP) is 3.08. The van der Waals surface area contributed by atoms with Gasteiger partial charge in [-0.3, -0.25) is 9.69 Å². The Morgan fingerprint density at radius 1 is 1.29 bits per heavy atom. The smallest absolute Gasteiger partial charge is 0.256 e. The lowest BCUT2D eigenvalue weighted by Gasteiger charge is -2.35. The molecule has 1 amide bonds. The number of aromatic nitrogens is 1. The maximum absolute atomic E-state index is 12.4. The summed E-state index contributed by atoms with van der Waals surface area (Å²) in [6.07, 6.45) is 3.56. The van der Waals surface area contributed by atoms with Crippen molar-refractivity contribution in [2.24, 2.45) is 0 Å². The Kier molecular flexibility index (Phi) is 5.30. The van der Waals surface area contributed by atoms with Gasteiger partial charge in [-0.1, -0.05) is 41.9 Å². The van der Waals surface area contributed by atoms with Crippen molar-refractivity contribution in [3.05, 3.63) is 52.9 Å². The molecular weight excluding hydrogens is 302 g/mol. The highest BCUT2D eigenvalue weighted by atomic mass is 16.5. The number of hydrogen-bond acceptors (Lipinski definition) is 4. The Hall–Kier alpha value is -2.14. The number of aryl methyl sites for hydroxylation is 2.